The van der Waals surface area contributed by atoms with Crippen LogP contribution in [0.5, 0.6) is 5.75 Å². The Kier molecular flexibility index (Phi) is 5.43. The van der Waals surface area contributed by atoms with E-state index in [-0.39, 0.29) is 11.9 Å². The molecule has 2 heterocycles. The lowest BCUT2D eigenvalue weighted by Crippen LogP contribution is -2.23. The number of rotatable bonds is 5. The zero-order chi connectivity index (χ0) is 18.5. The first kappa shape index (κ1) is 17.8. The molecule has 5 nitrogen and oxygen atoms in total. The first-order valence-corrected chi connectivity index (χ1v) is 8.97. The average Bonchev–Trinajstić information content (AvgIpc) is 3.08. The van der Waals surface area contributed by atoms with Gasteiger partial charge in [0, 0.05) is 29.1 Å². The first-order chi connectivity index (χ1) is 12.5. The third kappa shape index (κ3) is 4.15. The van der Waals surface area contributed by atoms with Crippen LogP contribution >= 0.6 is 11.3 Å². The molecule has 3 rings (SSSR count). The SMILES string of the molecule is CC(=O)Oc1cc(C)ccc1-c1ccsc1CNC(=O)c1ccccn1. The lowest BCUT2D eigenvalue weighted by Gasteiger charge is -2.11. The highest BCUT2D eigenvalue weighted by Gasteiger charge is 2.15. The van der Waals surface area contributed by atoms with E-state index >= 15 is 0 Å². The Morgan fingerprint density at radius 3 is 2.73 bits per heavy atom. The maximum absolute atomic E-state index is 12.2. The van der Waals surface area contributed by atoms with Crippen molar-refractivity contribution in [1.29, 1.82) is 0 Å². The van der Waals surface area contributed by atoms with Gasteiger partial charge in [-0.3, -0.25) is 14.6 Å². The van der Waals surface area contributed by atoms with Crippen LogP contribution in [0.1, 0.15) is 27.9 Å². The van der Waals surface area contributed by atoms with Crippen LogP contribution in [-0.2, 0) is 11.3 Å². The highest BCUT2D eigenvalue weighted by Crippen LogP contribution is 2.36. The number of amides is 1. The van der Waals surface area contributed by atoms with Gasteiger partial charge in [-0.1, -0.05) is 18.2 Å². The normalized spacial score (nSPS) is 10.4. The van der Waals surface area contributed by atoms with Crippen LogP contribution in [-0.4, -0.2) is 16.9 Å². The standard InChI is InChI=1S/C20H18N2O3S/c1-13-6-7-15(18(11-13)25-14(2)23)16-8-10-26-19(16)12-22-20(24)17-5-3-4-9-21-17/h3-11H,12H2,1-2H3,(H,22,24). The van der Waals surface area contributed by atoms with Gasteiger partial charge in [-0.25, -0.2) is 0 Å². The summed E-state index contributed by atoms with van der Waals surface area (Å²) in [5.74, 6) is -0.0700. The summed E-state index contributed by atoms with van der Waals surface area (Å²) in [6.07, 6.45) is 1.59. The van der Waals surface area contributed by atoms with Crippen LogP contribution in [0.15, 0.2) is 54.0 Å². The number of thiophene rings is 1. The summed E-state index contributed by atoms with van der Waals surface area (Å²) in [7, 11) is 0. The molecule has 0 aliphatic heterocycles. The van der Waals surface area contributed by atoms with Crippen molar-refractivity contribution in [3.05, 3.63) is 70.2 Å². The van der Waals surface area contributed by atoms with E-state index in [1.165, 1.54) is 18.3 Å². The highest BCUT2D eigenvalue weighted by atomic mass is 32.1. The Morgan fingerprint density at radius 2 is 2.00 bits per heavy atom. The van der Waals surface area contributed by atoms with Crippen LogP contribution < -0.4 is 10.1 Å². The first-order valence-electron chi connectivity index (χ1n) is 8.09. The number of hydrogen-bond acceptors (Lipinski definition) is 5. The van der Waals surface area contributed by atoms with Gasteiger partial charge in [-0.2, -0.15) is 0 Å². The third-order valence-electron chi connectivity index (χ3n) is 3.73. The van der Waals surface area contributed by atoms with Gasteiger partial charge in [0.1, 0.15) is 11.4 Å². The van der Waals surface area contributed by atoms with E-state index in [1.807, 2.05) is 36.6 Å². The van der Waals surface area contributed by atoms with Crippen LogP contribution in [0.4, 0.5) is 0 Å². The second-order valence-corrected chi connectivity index (χ2v) is 6.75. The molecule has 1 amide bonds. The van der Waals surface area contributed by atoms with Gasteiger partial charge in [0.15, 0.2) is 0 Å². The fraction of sp³-hybridized carbons (Fsp3) is 0.150. The molecule has 0 spiro atoms. The monoisotopic (exact) mass is 366 g/mol. The predicted octanol–water partition coefficient (Wildman–Crippen LogP) is 3.97. The number of nitrogens with one attached hydrogen (secondary N) is 1. The van der Waals surface area contributed by atoms with Crippen LogP contribution in [0.2, 0.25) is 0 Å². The summed E-state index contributed by atoms with van der Waals surface area (Å²) >= 11 is 1.54. The molecule has 1 aromatic carbocycles. The Labute approximate surface area is 155 Å². The number of carbonyl (C=O) groups is 2. The third-order valence-corrected chi connectivity index (χ3v) is 4.65. The van der Waals surface area contributed by atoms with Gasteiger partial charge < -0.3 is 10.1 Å². The van der Waals surface area contributed by atoms with Gasteiger partial charge in [-0.05, 0) is 42.1 Å². The maximum atomic E-state index is 12.2. The molecule has 6 heteroatoms. The lowest BCUT2D eigenvalue weighted by atomic mass is 10.0. The van der Waals surface area contributed by atoms with E-state index in [9.17, 15) is 9.59 Å². The van der Waals surface area contributed by atoms with Gasteiger partial charge >= 0.3 is 5.97 Å². The van der Waals surface area contributed by atoms with E-state index in [4.69, 9.17) is 4.74 Å². The predicted molar refractivity (Wildman–Crippen MR) is 101 cm³/mol. The van der Waals surface area contributed by atoms with Crippen LogP contribution in [0.3, 0.4) is 0 Å². The second-order valence-electron chi connectivity index (χ2n) is 5.75. The quantitative estimate of drug-likeness (QED) is 0.548. The summed E-state index contributed by atoms with van der Waals surface area (Å²) in [6.45, 7) is 3.70. The number of carbonyl (C=O) groups excluding carboxylic acids is 2. The zero-order valence-electron chi connectivity index (χ0n) is 14.5. The smallest absolute Gasteiger partial charge is 0.308 e. The Morgan fingerprint density at radius 1 is 1.15 bits per heavy atom. The number of nitrogens with zero attached hydrogens (tertiary/aromatic N) is 1. The van der Waals surface area contributed by atoms with Crippen molar-refractivity contribution in [1.82, 2.24) is 10.3 Å². The summed E-state index contributed by atoms with van der Waals surface area (Å²) < 4.78 is 5.37. The molecule has 0 saturated heterocycles. The minimum atomic E-state index is -0.364. The topological polar surface area (TPSA) is 68.3 Å². The number of esters is 1. The molecule has 1 N–H and O–H groups in total. The molecule has 2 aromatic heterocycles. The summed E-state index contributed by atoms with van der Waals surface area (Å²) in [5, 5.41) is 4.84. The van der Waals surface area contributed by atoms with E-state index in [0.717, 1.165) is 21.6 Å². The van der Waals surface area contributed by atoms with Gasteiger partial charge in [-0.15, -0.1) is 11.3 Å². The maximum Gasteiger partial charge on any atom is 0.308 e. The second kappa shape index (κ2) is 7.93. The van der Waals surface area contributed by atoms with Crippen molar-refractivity contribution < 1.29 is 14.3 Å². The van der Waals surface area contributed by atoms with Gasteiger partial charge in [0.05, 0.1) is 6.54 Å². The molecule has 0 aliphatic rings. The largest absolute Gasteiger partial charge is 0.426 e. The summed E-state index contributed by atoms with van der Waals surface area (Å²) in [5.41, 5.74) is 3.15. The minimum Gasteiger partial charge on any atom is -0.426 e. The van der Waals surface area contributed by atoms with Gasteiger partial charge in [0.25, 0.3) is 5.91 Å². The van der Waals surface area contributed by atoms with Crippen molar-refractivity contribution in [2.24, 2.45) is 0 Å². The summed E-state index contributed by atoms with van der Waals surface area (Å²) in [6, 6.07) is 12.9. The molecule has 0 atom stereocenters. The van der Waals surface area contributed by atoms with Crippen molar-refractivity contribution in [3.8, 4) is 16.9 Å². The van der Waals surface area contributed by atoms with Crippen molar-refractivity contribution >= 4 is 23.2 Å². The van der Waals surface area contributed by atoms with Gasteiger partial charge in [0.2, 0.25) is 0 Å². The van der Waals surface area contributed by atoms with Crippen LogP contribution in [0, 0.1) is 6.92 Å². The zero-order valence-corrected chi connectivity index (χ0v) is 15.3. The van der Waals surface area contributed by atoms with E-state index in [1.54, 1.807) is 24.4 Å². The molecule has 0 bridgehead atoms. The number of hydrogen-bond donors (Lipinski definition) is 1. The minimum absolute atomic E-state index is 0.228. The number of aromatic nitrogens is 1. The Bertz CT molecular complexity index is 935. The number of pyridine rings is 1. The molecule has 0 fully saturated rings. The molecule has 0 radical (unpaired) electrons. The van der Waals surface area contributed by atoms with Crippen molar-refractivity contribution in [2.45, 2.75) is 20.4 Å². The molecular formula is C20H18N2O3S. The fourth-order valence-electron chi connectivity index (χ4n) is 2.56. The lowest BCUT2D eigenvalue weighted by molar-refractivity contribution is -0.131. The Hall–Kier alpha value is -2.99. The van der Waals surface area contributed by atoms with Crippen LogP contribution in [0.25, 0.3) is 11.1 Å². The molecule has 26 heavy (non-hydrogen) atoms. The Balaban J connectivity index is 1.83. The van der Waals surface area contributed by atoms with E-state index in [2.05, 4.69) is 10.3 Å². The molecule has 132 valence electrons. The number of aryl methyl sites for hydroxylation is 1. The van der Waals surface area contributed by atoms with E-state index in [0.29, 0.717) is 18.0 Å². The molecular weight excluding hydrogens is 348 g/mol. The molecule has 0 saturated carbocycles. The number of ether oxygens (including phenoxy) is 1. The average molecular weight is 366 g/mol. The highest BCUT2D eigenvalue weighted by molar-refractivity contribution is 7.10. The number of benzene rings is 1. The molecule has 0 unspecified atom stereocenters. The molecule has 3 aromatic rings. The molecule has 0 aliphatic carbocycles. The van der Waals surface area contributed by atoms with E-state index < -0.39 is 0 Å². The van der Waals surface area contributed by atoms with Crippen molar-refractivity contribution in [2.75, 3.05) is 0 Å². The van der Waals surface area contributed by atoms with Crippen molar-refractivity contribution in [3.63, 3.8) is 0 Å². The fourth-order valence-corrected chi connectivity index (χ4v) is 3.39. The summed E-state index contributed by atoms with van der Waals surface area (Å²) in [4.78, 5) is 28.7.